The van der Waals surface area contributed by atoms with Crippen LogP contribution in [0.2, 0.25) is 5.02 Å². The third-order valence-corrected chi connectivity index (χ3v) is 6.58. The number of carbonyl (C=O) groups excluding carboxylic acids is 2. The minimum Gasteiger partial charge on any atom is -0.337 e. The minimum absolute atomic E-state index is 0.106. The van der Waals surface area contributed by atoms with Crippen LogP contribution in [0, 0.1) is 0 Å². The van der Waals surface area contributed by atoms with E-state index >= 15 is 0 Å². The van der Waals surface area contributed by atoms with E-state index in [4.69, 9.17) is 16.7 Å². The first-order chi connectivity index (χ1) is 17.5. The van der Waals surface area contributed by atoms with Crippen LogP contribution >= 0.6 is 11.6 Å². The van der Waals surface area contributed by atoms with Crippen molar-refractivity contribution in [2.24, 2.45) is 0 Å². The molecule has 4 aromatic rings. The van der Waals surface area contributed by atoms with E-state index in [9.17, 15) is 9.59 Å². The second kappa shape index (κ2) is 10.3. The Labute approximate surface area is 214 Å². The second-order valence-electron chi connectivity index (χ2n) is 8.75. The van der Waals surface area contributed by atoms with Gasteiger partial charge < -0.3 is 10.2 Å². The van der Waals surface area contributed by atoms with Gasteiger partial charge in [-0.15, -0.1) is 0 Å². The monoisotopic (exact) mass is 499 g/mol. The minimum atomic E-state index is -0.117. The predicted octanol–water partition coefficient (Wildman–Crippen LogP) is 5.05. The van der Waals surface area contributed by atoms with Gasteiger partial charge in [0.05, 0.1) is 12.2 Å². The van der Waals surface area contributed by atoms with Crippen LogP contribution in [-0.2, 0) is 13.1 Å². The summed E-state index contributed by atoms with van der Waals surface area (Å²) in [5.41, 5.74) is 5.07. The maximum Gasteiger partial charge on any atom is 0.321 e. The lowest BCUT2D eigenvalue weighted by Crippen LogP contribution is -2.28. The number of aromatic nitrogens is 2. The average Bonchev–Trinajstić information content (AvgIpc) is 3.51. The largest absolute Gasteiger partial charge is 0.337 e. The molecule has 0 spiro atoms. The summed E-state index contributed by atoms with van der Waals surface area (Å²) in [4.78, 5) is 28.5. The Morgan fingerprint density at radius 2 is 1.72 bits per heavy atom. The van der Waals surface area contributed by atoms with E-state index in [0.29, 0.717) is 36.8 Å². The first kappa shape index (κ1) is 23.6. The smallest absolute Gasteiger partial charge is 0.321 e. The topological polar surface area (TPSA) is 70.5 Å². The first-order valence-corrected chi connectivity index (χ1v) is 12.1. The number of amides is 3. The van der Waals surface area contributed by atoms with Crippen molar-refractivity contribution in [3.8, 4) is 11.3 Å². The molecule has 1 saturated heterocycles. The van der Waals surface area contributed by atoms with Crippen molar-refractivity contribution in [3.63, 3.8) is 0 Å². The summed E-state index contributed by atoms with van der Waals surface area (Å²) < 4.78 is 1.87. The Balaban J connectivity index is 1.37. The Hall–Kier alpha value is -4.10. The Morgan fingerprint density at radius 3 is 2.42 bits per heavy atom. The van der Waals surface area contributed by atoms with Gasteiger partial charge in [-0.25, -0.2) is 4.79 Å². The fourth-order valence-corrected chi connectivity index (χ4v) is 4.54. The zero-order valence-corrected chi connectivity index (χ0v) is 20.7. The molecule has 5 rings (SSSR count). The molecule has 2 heterocycles. The van der Waals surface area contributed by atoms with Crippen LogP contribution in [0.15, 0.2) is 85.1 Å². The molecule has 0 atom stereocenters. The lowest BCUT2D eigenvalue weighted by atomic mass is 10.1. The second-order valence-corrected chi connectivity index (χ2v) is 9.16. The molecule has 182 valence electrons. The molecule has 0 unspecified atom stereocenters. The van der Waals surface area contributed by atoms with Gasteiger partial charge in [0.25, 0.3) is 5.91 Å². The lowest BCUT2D eigenvalue weighted by molar-refractivity contribution is 0.0785. The number of nitrogens with one attached hydrogen (secondary N) is 1. The van der Waals surface area contributed by atoms with Crippen LogP contribution in [0.5, 0.6) is 0 Å². The predicted molar refractivity (Wildman–Crippen MR) is 141 cm³/mol. The molecule has 0 saturated carbocycles. The molecule has 1 aliphatic rings. The van der Waals surface area contributed by atoms with Crippen LogP contribution in [-0.4, -0.2) is 46.8 Å². The van der Waals surface area contributed by atoms with Crippen molar-refractivity contribution in [2.45, 2.75) is 13.1 Å². The molecule has 1 aromatic heterocycles. The van der Waals surface area contributed by atoms with Gasteiger partial charge in [0.1, 0.15) is 0 Å². The van der Waals surface area contributed by atoms with Crippen LogP contribution in [0.1, 0.15) is 21.5 Å². The summed E-state index contributed by atoms with van der Waals surface area (Å²) in [5.74, 6) is -0.106. The number of hydrogen-bond acceptors (Lipinski definition) is 3. The van der Waals surface area contributed by atoms with E-state index in [0.717, 1.165) is 28.1 Å². The SMILES string of the molecule is CN(Cc1cn(Cc2ccccc2Cl)nc1-c1ccccc1)C(=O)c1ccc(N2CCNC2=O)cc1. The van der Waals surface area contributed by atoms with Gasteiger partial charge in [-0.2, -0.15) is 5.10 Å². The molecule has 1 fully saturated rings. The van der Waals surface area contributed by atoms with Gasteiger partial charge in [0.15, 0.2) is 0 Å². The molecule has 7 nitrogen and oxygen atoms in total. The molecule has 1 aliphatic heterocycles. The Kier molecular flexibility index (Phi) is 6.73. The number of halogens is 1. The number of rotatable bonds is 7. The zero-order valence-electron chi connectivity index (χ0n) is 19.9. The molecule has 3 amide bonds. The van der Waals surface area contributed by atoms with Crippen molar-refractivity contribution >= 4 is 29.2 Å². The van der Waals surface area contributed by atoms with E-state index in [-0.39, 0.29) is 11.9 Å². The summed E-state index contributed by atoms with van der Waals surface area (Å²) in [6, 6.07) is 24.7. The molecule has 1 N–H and O–H groups in total. The summed E-state index contributed by atoms with van der Waals surface area (Å²) in [5, 5.41) is 8.32. The normalized spacial score (nSPS) is 13.1. The average molecular weight is 500 g/mol. The number of benzene rings is 3. The summed E-state index contributed by atoms with van der Waals surface area (Å²) >= 11 is 6.37. The van der Waals surface area contributed by atoms with Crippen LogP contribution in [0.25, 0.3) is 11.3 Å². The first-order valence-electron chi connectivity index (χ1n) is 11.8. The van der Waals surface area contributed by atoms with E-state index in [2.05, 4.69) is 5.32 Å². The Morgan fingerprint density at radius 1 is 1.00 bits per heavy atom. The van der Waals surface area contributed by atoms with Gasteiger partial charge >= 0.3 is 6.03 Å². The number of carbonyl (C=O) groups is 2. The van der Waals surface area contributed by atoms with Crippen LogP contribution in [0.4, 0.5) is 10.5 Å². The van der Waals surface area contributed by atoms with Crippen molar-refractivity contribution in [2.75, 3.05) is 25.0 Å². The Bertz CT molecular complexity index is 1380. The fourth-order valence-electron chi connectivity index (χ4n) is 4.35. The van der Waals surface area contributed by atoms with E-state index in [1.807, 2.05) is 77.6 Å². The van der Waals surface area contributed by atoms with Crippen molar-refractivity contribution in [1.29, 1.82) is 0 Å². The highest BCUT2D eigenvalue weighted by Crippen LogP contribution is 2.25. The highest BCUT2D eigenvalue weighted by atomic mass is 35.5. The van der Waals surface area contributed by atoms with Gasteiger partial charge in [0.2, 0.25) is 0 Å². The molecule has 8 heteroatoms. The molecular formula is C28H26ClN5O2. The third-order valence-electron chi connectivity index (χ3n) is 6.21. The van der Waals surface area contributed by atoms with Gasteiger partial charge in [-0.3, -0.25) is 14.4 Å². The molecule has 0 aliphatic carbocycles. The summed E-state index contributed by atoms with van der Waals surface area (Å²) in [7, 11) is 1.78. The lowest BCUT2D eigenvalue weighted by Gasteiger charge is -2.18. The maximum absolute atomic E-state index is 13.2. The van der Waals surface area contributed by atoms with E-state index in [1.165, 1.54) is 0 Å². The standard InChI is InChI=1S/C28H26ClN5O2/c1-32(27(35)21-11-13-24(14-12-21)34-16-15-30-28(34)36)17-23-19-33(18-22-9-5-6-10-25(22)29)31-26(23)20-7-3-2-4-8-20/h2-14,19H,15-18H2,1H3,(H,30,36). The van der Waals surface area contributed by atoms with Crippen LogP contribution in [0.3, 0.4) is 0 Å². The van der Waals surface area contributed by atoms with Gasteiger partial charge in [0, 0.05) is 60.3 Å². The molecule has 0 radical (unpaired) electrons. The van der Waals surface area contributed by atoms with E-state index in [1.54, 1.807) is 29.0 Å². The molecular weight excluding hydrogens is 474 g/mol. The molecule has 3 aromatic carbocycles. The molecule has 36 heavy (non-hydrogen) atoms. The van der Waals surface area contributed by atoms with Gasteiger partial charge in [-0.05, 0) is 35.9 Å². The van der Waals surface area contributed by atoms with Crippen molar-refractivity contribution in [1.82, 2.24) is 20.0 Å². The molecule has 0 bridgehead atoms. The number of urea groups is 1. The maximum atomic E-state index is 13.2. The number of anilines is 1. The summed E-state index contributed by atoms with van der Waals surface area (Å²) in [6.07, 6.45) is 1.98. The summed E-state index contributed by atoms with van der Waals surface area (Å²) in [6.45, 7) is 2.16. The highest BCUT2D eigenvalue weighted by molar-refractivity contribution is 6.31. The van der Waals surface area contributed by atoms with Crippen molar-refractivity contribution < 1.29 is 9.59 Å². The third kappa shape index (κ3) is 4.97. The number of hydrogen-bond donors (Lipinski definition) is 1. The van der Waals surface area contributed by atoms with Crippen molar-refractivity contribution in [3.05, 3.63) is 107 Å². The van der Waals surface area contributed by atoms with Gasteiger partial charge in [-0.1, -0.05) is 60.1 Å². The highest BCUT2D eigenvalue weighted by Gasteiger charge is 2.22. The van der Waals surface area contributed by atoms with E-state index < -0.39 is 0 Å². The quantitative estimate of drug-likeness (QED) is 0.386. The number of nitrogens with zero attached hydrogens (tertiary/aromatic N) is 4. The zero-order chi connectivity index (χ0) is 25.1. The van der Waals surface area contributed by atoms with Crippen LogP contribution < -0.4 is 10.2 Å². The fraction of sp³-hybridized carbons (Fsp3) is 0.179.